The van der Waals surface area contributed by atoms with Gasteiger partial charge in [-0.1, -0.05) is 24.3 Å². The molecule has 5 rings (SSSR count). The number of aromatic nitrogens is 3. The first-order valence-electron chi connectivity index (χ1n) is 12.8. The highest BCUT2D eigenvalue weighted by Gasteiger charge is 2.65. The minimum Gasteiger partial charge on any atom is -0.396 e. The normalized spacial score (nSPS) is 25.0. The van der Waals surface area contributed by atoms with Crippen molar-refractivity contribution in [1.29, 1.82) is 0 Å². The van der Waals surface area contributed by atoms with Crippen molar-refractivity contribution in [3.05, 3.63) is 72.6 Å². The van der Waals surface area contributed by atoms with E-state index in [9.17, 15) is 15.0 Å². The maximum Gasteiger partial charge on any atom is 0.264 e. The number of nitrogens with zero attached hydrogens (tertiary/aromatic N) is 4. The molecule has 0 radical (unpaired) electrons. The second-order valence-corrected chi connectivity index (χ2v) is 13.3. The first-order chi connectivity index (χ1) is 18.0. The van der Waals surface area contributed by atoms with Crippen molar-refractivity contribution >= 4 is 56.8 Å². The first-order valence-corrected chi connectivity index (χ1v) is 15.0. The van der Waals surface area contributed by atoms with Crippen LogP contribution in [0, 0.1) is 19.0 Å². The Balaban J connectivity index is 1.50. The van der Waals surface area contributed by atoms with Crippen LogP contribution in [-0.4, -0.2) is 49.4 Å². The monoisotopic (exact) mass is 742 g/mol. The number of hydrogen-bond acceptors (Lipinski definition) is 6. The summed E-state index contributed by atoms with van der Waals surface area (Å²) in [6, 6.07) is 14.3. The zero-order chi connectivity index (χ0) is 27.2. The Morgan fingerprint density at radius 2 is 1.84 bits per heavy atom. The van der Waals surface area contributed by atoms with Crippen LogP contribution in [0.3, 0.4) is 0 Å². The molecule has 8 nitrogen and oxygen atoms in total. The van der Waals surface area contributed by atoms with Gasteiger partial charge >= 0.3 is 0 Å². The molecule has 202 valence electrons. The molecule has 0 saturated carbocycles. The Morgan fingerprint density at radius 1 is 1.13 bits per heavy atom. The van der Waals surface area contributed by atoms with Gasteiger partial charge in [-0.05, 0) is 101 Å². The molecule has 0 bridgehead atoms. The fourth-order valence-electron chi connectivity index (χ4n) is 6.19. The summed E-state index contributed by atoms with van der Waals surface area (Å²) in [6.07, 6.45) is 2.47. The van der Waals surface area contributed by atoms with Crippen LogP contribution < -0.4 is 4.90 Å². The van der Waals surface area contributed by atoms with Crippen LogP contribution in [-0.2, 0) is 34.6 Å². The third-order valence-corrected chi connectivity index (χ3v) is 9.19. The largest absolute Gasteiger partial charge is 0.396 e. The number of benzene rings is 2. The van der Waals surface area contributed by atoms with Gasteiger partial charge in [-0.15, -0.1) is 5.10 Å². The van der Waals surface area contributed by atoms with Crippen molar-refractivity contribution in [2.75, 3.05) is 11.5 Å². The lowest BCUT2D eigenvalue weighted by Gasteiger charge is -2.34. The van der Waals surface area contributed by atoms with E-state index >= 15 is 0 Å². The van der Waals surface area contributed by atoms with E-state index in [1.54, 1.807) is 18.5 Å². The number of halogens is 2. The number of hydrogen-bond donors (Lipinski definition) is 2. The molecule has 3 heterocycles. The fraction of sp³-hybridized carbons (Fsp3) is 0.464. The van der Waals surface area contributed by atoms with Crippen molar-refractivity contribution in [1.82, 2.24) is 15.0 Å². The lowest BCUT2D eigenvalue weighted by atomic mass is 9.71. The number of aliphatic hydroxyl groups is 2. The molecule has 2 aliphatic rings. The summed E-state index contributed by atoms with van der Waals surface area (Å²) in [6.45, 7) is 6.63. The number of anilines is 1. The summed E-state index contributed by atoms with van der Waals surface area (Å²) in [5, 5.41) is 28.8. The molecule has 0 aliphatic carbocycles. The van der Waals surface area contributed by atoms with E-state index in [0.717, 1.165) is 29.6 Å². The average molecular weight is 742 g/mol. The predicted molar refractivity (Wildman–Crippen MR) is 160 cm³/mol. The number of aryl methyl sites for hydroxylation is 1. The smallest absolute Gasteiger partial charge is 0.264 e. The molecule has 1 fully saturated rings. The Hall–Kier alpha value is -1.61. The highest BCUT2D eigenvalue weighted by atomic mass is 127. The predicted octanol–water partition coefficient (Wildman–Crippen LogP) is 4.28. The third-order valence-electron chi connectivity index (χ3n) is 7.80. The van der Waals surface area contributed by atoms with Crippen molar-refractivity contribution in [2.45, 2.75) is 64.0 Å². The zero-order valence-corrected chi connectivity index (χ0v) is 26.0. The van der Waals surface area contributed by atoms with Gasteiger partial charge in [0.15, 0.2) is 5.60 Å². The molecule has 10 heteroatoms. The maximum absolute atomic E-state index is 14.4. The number of carbonyl (C=O) groups excluding carboxylic acids is 1. The van der Waals surface area contributed by atoms with E-state index in [2.05, 4.69) is 73.7 Å². The highest BCUT2D eigenvalue weighted by Crippen LogP contribution is 2.58. The molecule has 2 aromatic carbocycles. The van der Waals surface area contributed by atoms with Gasteiger partial charge in [0.05, 0.1) is 29.6 Å². The molecule has 38 heavy (non-hydrogen) atoms. The summed E-state index contributed by atoms with van der Waals surface area (Å²) in [5.74, 6) is -0.626. The van der Waals surface area contributed by atoms with Gasteiger partial charge in [0.2, 0.25) is 0 Å². The van der Waals surface area contributed by atoms with Crippen LogP contribution in [0.4, 0.5) is 5.69 Å². The van der Waals surface area contributed by atoms with Gasteiger partial charge in [-0.2, -0.15) is 0 Å². The molecule has 1 aromatic heterocycles. The zero-order valence-electron chi connectivity index (χ0n) is 21.6. The number of ether oxygens (including phenoxy) is 1. The summed E-state index contributed by atoms with van der Waals surface area (Å²) < 4.78 is 10.8. The second kappa shape index (κ2) is 10.8. The fourth-order valence-corrected chi connectivity index (χ4v) is 7.04. The summed E-state index contributed by atoms with van der Waals surface area (Å²) in [4.78, 5) is 16.3. The van der Waals surface area contributed by atoms with Crippen molar-refractivity contribution in [3.63, 3.8) is 0 Å². The van der Waals surface area contributed by atoms with Crippen LogP contribution in [0.5, 0.6) is 0 Å². The number of carbonyl (C=O) groups is 1. The summed E-state index contributed by atoms with van der Waals surface area (Å²) in [7, 11) is 0. The van der Waals surface area contributed by atoms with Gasteiger partial charge in [-0.3, -0.25) is 9.48 Å². The minimum atomic E-state index is -1.18. The van der Waals surface area contributed by atoms with Gasteiger partial charge < -0.3 is 19.8 Å². The van der Waals surface area contributed by atoms with E-state index in [-0.39, 0.29) is 30.5 Å². The molecule has 0 unspecified atom stereocenters. The molecule has 1 saturated heterocycles. The molecule has 2 aliphatic heterocycles. The topological polar surface area (TPSA) is 101 Å². The Morgan fingerprint density at radius 3 is 2.53 bits per heavy atom. The maximum atomic E-state index is 14.4. The Kier molecular flexibility index (Phi) is 7.91. The third kappa shape index (κ3) is 5.02. The van der Waals surface area contributed by atoms with Gasteiger partial charge in [-0.25, -0.2) is 0 Å². The van der Waals surface area contributed by atoms with Gasteiger partial charge in [0.25, 0.3) is 5.91 Å². The Bertz CT molecular complexity index is 1320. The molecule has 3 aromatic rings. The summed E-state index contributed by atoms with van der Waals surface area (Å²) >= 11 is 4.56. The molecule has 4 atom stereocenters. The lowest BCUT2D eigenvalue weighted by molar-refractivity contribution is -0.146. The van der Waals surface area contributed by atoms with Crippen LogP contribution in [0.1, 0.15) is 44.0 Å². The van der Waals surface area contributed by atoms with E-state index in [1.807, 2.05) is 42.3 Å². The van der Waals surface area contributed by atoms with Crippen LogP contribution in [0.25, 0.3) is 0 Å². The van der Waals surface area contributed by atoms with E-state index in [0.29, 0.717) is 25.9 Å². The van der Waals surface area contributed by atoms with Crippen LogP contribution in [0.15, 0.2) is 48.7 Å². The van der Waals surface area contributed by atoms with E-state index in [4.69, 9.17) is 4.74 Å². The minimum absolute atomic E-state index is 0.0181. The van der Waals surface area contributed by atoms with Crippen molar-refractivity contribution in [2.24, 2.45) is 11.8 Å². The van der Waals surface area contributed by atoms with Crippen molar-refractivity contribution in [3.8, 4) is 0 Å². The summed E-state index contributed by atoms with van der Waals surface area (Å²) in [5.41, 5.74) is 1.26. The van der Waals surface area contributed by atoms with E-state index < -0.39 is 11.2 Å². The Labute approximate surface area is 250 Å². The van der Waals surface area contributed by atoms with Crippen LogP contribution in [0.2, 0.25) is 0 Å². The average Bonchev–Trinajstić information content (AvgIpc) is 3.50. The molecular weight excluding hydrogens is 710 g/mol. The first kappa shape index (κ1) is 27.9. The quantitative estimate of drug-likeness (QED) is 0.335. The number of fused-ring (bicyclic) bond motifs is 2. The lowest BCUT2D eigenvalue weighted by Crippen LogP contribution is -2.46. The molecular formula is C28H32I2N4O4. The second-order valence-electron chi connectivity index (χ2n) is 10.8. The highest BCUT2D eigenvalue weighted by molar-refractivity contribution is 14.1. The van der Waals surface area contributed by atoms with Gasteiger partial charge in [0.1, 0.15) is 0 Å². The number of amides is 1. The number of rotatable bonds is 8. The van der Waals surface area contributed by atoms with Crippen molar-refractivity contribution < 1.29 is 19.7 Å². The molecule has 1 spiro atoms. The number of aliphatic hydroxyl groups excluding tert-OH is 1. The van der Waals surface area contributed by atoms with Gasteiger partial charge in [0, 0.05) is 50.3 Å². The molecule has 2 N–H and O–H groups in total. The standard InChI is InChI=1S/C28H32I2N4O4/c1-17-25(27(2,3)37)24(10-12-33-16-21(11-13-35)31-32-33)38-28(17)22-14-20(30)8-9-23(22)34(26(28)36)15-18-4-6-19(29)7-5-18/h4-9,14,16-17,24-25,35,37H,10-13,15H2,1-3H3/t17-,24+,25-,28+/m0/s1. The SMILES string of the molecule is C[C@H]1[C@H](C(C)(C)O)[C@@H](CCn2cc(CCO)nn2)O[C@]12C(=O)N(Cc1ccc(I)cc1)c1ccc(I)cc12. The van der Waals surface area contributed by atoms with Crippen LogP contribution >= 0.6 is 45.2 Å². The van der Waals surface area contributed by atoms with E-state index in [1.165, 1.54) is 0 Å². The molecule has 1 amide bonds.